The highest BCUT2D eigenvalue weighted by Crippen LogP contribution is 2.37. The first kappa shape index (κ1) is 25.5. The van der Waals surface area contributed by atoms with E-state index in [0.29, 0.717) is 28.1 Å². The van der Waals surface area contributed by atoms with Crippen molar-refractivity contribution in [2.24, 2.45) is 0 Å². The lowest BCUT2D eigenvalue weighted by molar-refractivity contribution is -0.113. The van der Waals surface area contributed by atoms with Gasteiger partial charge in [-0.2, -0.15) is 5.26 Å². The van der Waals surface area contributed by atoms with Crippen LogP contribution >= 0.6 is 34.7 Å². The highest BCUT2D eigenvalue weighted by molar-refractivity contribution is 7.99. The fourth-order valence-corrected chi connectivity index (χ4v) is 6.42. The van der Waals surface area contributed by atoms with E-state index < -0.39 is 0 Å². The number of rotatable bonds is 8. The molecule has 1 amide bonds. The quantitative estimate of drug-likeness (QED) is 0.281. The molecule has 0 bridgehead atoms. The molecule has 7 nitrogen and oxygen atoms in total. The summed E-state index contributed by atoms with van der Waals surface area (Å²) in [6.07, 6.45) is 5.32. The Morgan fingerprint density at radius 1 is 1.26 bits per heavy atom. The van der Waals surface area contributed by atoms with Crippen LogP contribution in [0.1, 0.15) is 59.1 Å². The fourth-order valence-electron chi connectivity index (χ4n) is 4.23. The number of amides is 1. The Bertz CT molecular complexity index is 1250. The molecule has 0 aliphatic heterocycles. The monoisotopic (exact) mass is 529 g/mol. The summed E-state index contributed by atoms with van der Waals surface area (Å²) in [5, 5.41) is 23.3. The summed E-state index contributed by atoms with van der Waals surface area (Å²) in [4.78, 5) is 14.0. The average molecular weight is 530 g/mol. The molecule has 2 aromatic heterocycles. The van der Waals surface area contributed by atoms with Crippen molar-refractivity contribution in [2.45, 2.75) is 71.2 Å². The van der Waals surface area contributed by atoms with Crippen LogP contribution in [-0.4, -0.2) is 26.4 Å². The predicted octanol–water partition coefficient (Wildman–Crippen LogP) is 6.08. The third-order valence-corrected chi connectivity index (χ3v) is 8.78. The van der Waals surface area contributed by atoms with Crippen molar-refractivity contribution in [1.29, 1.82) is 5.26 Å². The van der Waals surface area contributed by atoms with E-state index in [1.54, 1.807) is 11.3 Å². The van der Waals surface area contributed by atoms with Gasteiger partial charge in [-0.25, -0.2) is 0 Å². The zero-order valence-electron chi connectivity index (χ0n) is 20.1. The molecular weight excluding hydrogens is 502 g/mol. The Labute approximate surface area is 218 Å². The third-order valence-electron chi connectivity index (χ3n) is 6.01. The van der Waals surface area contributed by atoms with Gasteiger partial charge >= 0.3 is 0 Å². The molecule has 0 unspecified atom stereocenters. The van der Waals surface area contributed by atoms with E-state index in [1.807, 2.05) is 37.5 Å². The zero-order valence-corrected chi connectivity index (χ0v) is 22.5. The standard InChI is InChI=1S/C25H28ClN5O2S2/c1-4-31-21(13-33-17-10-15(2)23(26)16(3)11-17)29-30-25(31)34-14-22(32)28-24-19(12-27)18-8-6-5-7-9-20(18)35-24/h10-11H,4-9,13-14H2,1-3H3,(H,28,32). The van der Waals surface area contributed by atoms with E-state index >= 15 is 0 Å². The first-order chi connectivity index (χ1) is 16.9. The second-order valence-electron chi connectivity index (χ2n) is 8.52. The van der Waals surface area contributed by atoms with Gasteiger partial charge in [0, 0.05) is 16.4 Å². The van der Waals surface area contributed by atoms with Gasteiger partial charge in [-0.1, -0.05) is 29.8 Å². The van der Waals surface area contributed by atoms with Crippen LogP contribution in [0.15, 0.2) is 17.3 Å². The summed E-state index contributed by atoms with van der Waals surface area (Å²) in [7, 11) is 0. The second kappa shape index (κ2) is 11.5. The van der Waals surface area contributed by atoms with Gasteiger partial charge < -0.3 is 14.6 Å². The SMILES string of the molecule is CCn1c(COc2cc(C)c(Cl)c(C)c2)nnc1SCC(=O)Nc1sc2c(c1C#N)CCCCC2. The molecule has 3 aromatic rings. The molecule has 1 aliphatic carbocycles. The van der Waals surface area contributed by atoms with Crippen LogP contribution in [0.3, 0.4) is 0 Å². The summed E-state index contributed by atoms with van der Waals surface area (Å²) in [5.41, 5.74) is 3.68. The molecule has 0 saturated heterocycles. The smallest absolute Gasteiger partial charge is 0.235 e. The van der Waals surface area contributed by atoms with E-state index in [0.717, 1.165) is 53.1 Å². The molecule has 10 heteroatoms. The molecule has 184 valence electrons. The molecule has 1 N–H and O–H groups in total. The molecule has 2 heterocycles. The number of anilines is 1. The number of halogens is 1. The Morgan fingerprint density at radius 3 is 2.71 bits per heavy atom. The van der Waals surface area contributed by atoms with Crippen LogP contribution in [-0.2, 0) is 30.8 Å². The van der Waals surface area contributed by atoms with E-state index in [4.69, 9.17) is 16.3 Å². The number of carbonyl (C=O) groups is 1. The van der Waals surface area contributed by atoms with Gasteiger partial charge in [-0.3, -0.25) is 4.79 Å². The first-order valence-corrected chi connectivity index (χ1v) is 13.9. The van der Waals surface area contributed by atoms with Crippen LogP contribution in [0, 0.1) is 25.2 Å². The van der Waals surface area contributed by atoms with Gasteiger partial charge in [0.15, 0.2) is 11.0 Å². The Balaban J connectivity index is 1.38. The Hall–Kier alpha value is -2.54. The molecule has 1 aromatic carbocycles. The molecule has 0 fully saturated rings. The third kappa shape index (κ3) is 5.83. The number of hydrogen-bond donors (Lipinski definition) is 1. The first-order valence-electron chi connectivity index (χ1n) is 11.7. The summed E-state index contributed by atoms with van der Waals surface area (Å²) in [5.74, 6) is 1.45. The number of fused-ring (bicyclic) bond motifs is 1. The van der Waals surface area contributed by atoms with Crippen LogP contribution in [0.5, 0.6) is 5.75 Å². The van der Waals surface area contributed by atoms with Crippen LogP contribution < -0.4 is 10.1 Å². The molecule has 35 heavy (non-hydrogen) atoms. The number of benzene rings is 1. The van der Waals surface area contributed by atoms with Gasteiger partial charge in [0.05, 0.1) is 11.3 Å². The largest absolute Gasteiger partial charge is 0.486 e. The number of nitriles is 1. The number of nitrogens with one attached hydrogen (secondary N) is 1. The minimum Gasteiger partial charge on any atom is -0.486 e. The van der Waals surface area contributed by atoms with Crippen molar-refractivity contribution in [1.82, 2.24) is 14.8 Å². The van der Waals surface area contributed by atoms with Gasteiger partial charge in [-0.15, -0.1) is 21.5 Å². The second-order valence-corrected chi connectivity index (χ2v) is 10.9. The maximum Gasteiger partial charge on any atom is 0.235 e. The molecule has 0 spiro atoms. The summed E-state index contributed by atoms with van der Waals surface area (Å²) < 4.78 is 7.89. The Kier molecular flexibility index (Phi) is 8.37. The maximum absolute atomic E-state index is 12.7. The summed E-state index contributed by atoms with van der Waals surface area (Å²) in [6.45, 7) is 6.82. The van der Waals surface area contributed by atoms with Crippen LogP contribution in [0.25, 0.3) is 0 Å². The summed E-state index contributed by atoms with van der Waals surface area (Å²) in [6, 6.07) is 6.12. The van der Waals surface area contributed by atoms with Crippen molar-refractivity contribution in [3.05, 3.63) is 50.1 Å². The van der Waals surface area contributed by atoms with E-state index in [1.165, 1.54) is 23.1 Å². The number of hydrogen-bond acceptors (Lipinski definition) is 7. The van der Waals surface area contributed by atoms with Gasteiger partial charge in [0.2, 0.25) is 5.91 Å². The number of thiophene rings is 1. The minimum absolute atomic E-state index is 0.154. The number of aromatic nitrogens is 3. The number of carbonyl (C=O) groups excluding carboxylic acids is 1. The minimum atomic E-state index is -0.154. The van der Waals surface area contributed by atoms with E-state index in [2.05, 4.69) is 21.6 Å². The van der Waals surface area contributed by atoms with Crippen LogP contribution in [0.4, 0.5) is 5.00 Å². The van der Waals surface area contributed by atoms with Crippen molar-refractivity contribution < 1.29 is 9.53 Å². The number of aryl methyl sites for hydroxylation is 3. The average Bonchev–Trinajstić information content (AvgIpc) is 3.30. The van der Waals surface area contributed by atoms with Crippen molar-refractivity contribution in [2.75, 3.05) is 11.1 Å². The van der Waals surface area contributed by atoms with Crippen molar-refractivity contribution in [3.63, 3.8) is 0 Å². The maximum atomic E-state index is 12.7. The molecule has 1 aliphatic rings. The molecule has 0 atom stereocenters. The van der Waals surface area contributed by atoms with E-state index in [9.17, 15) is 10.1 Å². The molecule has 0 radical (unpaired) electrons. The Morgan fingerprint density at radius 2 is 2.00 bits per heavy atom. The lowest BCUT2D eigenvalue weighted by Crippen LogP contribution is -2.15. The number of ether oxygens (including phenoxy) is 1. The molecular formula is C25H28ClN5O2S2. The fraction of sp³-hybridized carbons (Fsp3) is 0.440. The van der Waals surface area contributed by atoms with Gasteiger partial charge in [0.1, 0.15) is 23.4 Å². The topological polar surface area (TPSA) is 92.8 Å². The molecule has 4 rings (SSSR count). The summed E-state index contributed by atoms with van der Waals surface area (Å²) >= 11 is 9.12. The normalized spacial score (nSPS) is 13.1. The van der Waals surface area contributed by atoms with Crippen molar-refractivity contribution in [3.8, 4) is 11.8 Å². The van der Waals surface area contributed by atoms with Gasteiger partial charge in [0.25, 0.3) is 0 Å². The number of nitrogens with zero attached hydrogens (tertiary/aromatic N) is 4. The highest BCUT2D eigenvalue weighted by Gasteiger charge is 2.21. The number of thioether (sulfide) groups is 1. The zero-order chi connectivity index (χ0) is 24.9. The molecule has 0 saturated carbocycles. The lowest BCUT2D eigenvalue weighted by atomic mass is 10.1. The predicted molar refractivity (Wildman–Crippen MR) is 141 cm³/mol. The van der Waals surface area contributed by atoms with Crippen molar-refractivity contribution >= 4 is 45.6 Å². The van der Waals surface area contributed by atoms with Gasteiger partial charge in [-0.05, 0) is 75.3 Å². The lowest BCUT2D eigenvalue weighted by Gasteiger charge is -2.11. The van der Waals surface area contributed by atoms with E-state index in [-0.39, 0.29) is 18.3 Å². The highest BCUT2D eigenvalue weighted by atomic mass is 35.5. The van der Waals surface area contributed by atoms with Crippen LogP contribution in [0.2, 0.25) is 5.02 Å².